The highest BCUT2D eigenvalue weighted by atomic mass is 35.5. The minimum atomic E-state index is -0.611. The predicted octanol–water partition coefficient (Wildman–Crippen LogP) is 2.69. The van der Waals surface area contributed by atoms with Crippen LogP contribution in [0.5, 0.6) is 0 Å². The summed E-state index contributed by atoms with van der Waals surface area (Å²) < 4.78 is 13.6. The number of hydrogen-bond donors (Lipinski definition) is 1. The van der Waals surface area contributed by atoms with Crippen LogP contribution in [0.15, 0.2) is 0 Å². The number of halogens is 2. The highest BCUT2D eigenvalue weighted by molar-refractivity contribution is 5.85. The van der Waals surface area contributed by atoms with E-state index in [9.17, 15) is 4.39 Å². The molecule has 2 fully saturated rings. The third kappa shape index (κ3) is 1.84. The van der Waals surface area contributed by atoms with Crippen molar-refractivity contribution in [2.24, 2.45) is 5.92 Å². The Balaban J connectivity index is 0.000000845. The standard InChI is InChI=1S/C10H18FN.ClH/c1-10(8-4-2-3-5-8)9(11)6-7-12-10;/h8-9,12H,2-7H2,1H3;1H. The van der Waals surface area contributed by atoms with Crippen LogP contribution < -0.4 is 5.32 Å². The molecule has 3 heteroatoms. The van der Waals surface area contributed by atoms with E-state index in [4.69, 9.17) is 0 Å². The summed E-state index contributed by atoms with van der Waals surface area (Å²) in [5.41, 5.74) is -0.184. The normalized spacial score (nSPS) is 40.6. The third-order valence-electron chi connectivity index (χ3n) is 3.76. The molecular formula is C10H19ClFN. The molecule has 2 unspecified atom stereocenters. The molecule has 1 nitrogen and oxygen atoms in total. The summed E-state index contributed by atoms with van der Waals surface area (Å²) in [5.74, 6) is 0.593. The van der Waals surface area contributed by atoms with E-state index in [0.717, 1.165) is 6.54 Å². The van der Waals surface area contributed by atoms with E-state index in [-0.39, 0.29) is 17.9 Å². The van der Waals surface area contributed by atoms with Crippen LogP contribution in [0, 0.1) is 5.92 Å². The van der Waals surface area contributed by atoms with Gasteiger partial charge in [0.05, 0.1) is 0 Å². The minimum Gasteiger partial charge on any atom is -0.309 e. The summed E-state index contributed by atoms with van der Waals surface area (Å²) in [5, 5.41) is 3.35. The summed E-state index contributed by atoms with van der Waals surface area (Å²) in [7, 11) is 0. The summed E-state index contributed by atoms with van der Waals surface area (Å²) in [4.78, 5) is 0. The Morgan fingerprint density at radius 1 is 1.23 bits per heavy atom. The first-order chi connectivity index (χ1) is 5.73. The van der Waals surface area contributed by atoms with Crippen LogP contribution in [0.3, 0.4) is 0 Å². The number of hydrogen-bond acceptors (Lipinski definition) is 1. The second kappa shape index (κ2) is 4.14. The maximum atomic E-state index is 13.6. The molecule has 0 bridgehead atoms. The van der Waals surface area contributed by atoms with Crippen LogP contribution in [-0.4, -0.2) is 18.3 Å². The van der Waals surface area contributed by atoms with Crippen molar-refractivity contribution in [1.82, 2.24) is 5.32 Å². The van der Waals surface area contributed by atoms with Crippen molar-refractivity contribution in [3.63, 3.8) is 0 Å². The molecule has 0 spiro atoms. The monoisotopic (exact) mass is 207 g/mol. The van der Waals surface area contributed by atoms with Crippen LogP contribution in [-0.2, 0) is 0 Å². The lowest BCUT2D eigenvalue weighted by Crippen LogP contribution is -2.48. The molecule has 1 saturated heterocycles. The first kappa shape index (κ1) is 11.3. The van der Waals surface area contributed by atoms with Gasteiger partial charge < -0.3 is 5.32 Å². The van der Waals surface area contributed by atoms with Gasteiger partial charge in [-0.25, -0.2) is 4.39 Å². The van der Waals surface area contributed by atoms with Crippen molar-refractivity contribution >= 4 is 12.4 Å². The van der Waals surface area contributed by atoms with Crippen LogP contribution in [0.25, 0.3) is 0 Å². The Kier molecular flexibility index (Phi) is 3.58. The van der Waals surface area contributed by atoms with Crippen molar-refractivity contribution in [3.05, 3.63) is 0 Å². The molecule has 2 rings (SSSR count). The average Bonchev–Trinajstić information content (AvgIpc) is 2.62. The number of nitrogens with one attached hydrogen (secondary N) is 1. The topological polar surface area (TPSA) is 12.0 Å². The molecule has 0 aromatic carbocycles. The van der Waals surface area contributed by atoms with Gasteiger partial charge in [-0.1, -0.05) is 12.8 Å². The van der Waals surface area contributed by atoms with Gasteiger partial charge in [0, 0.05) is 5.54 Å². The molecule has 13 heavy (non-hydrogen) atoms. The zero-order valence-electron chi connectivity index (χ0n) is 8.18. The van der Waals surface area contributed by atoms with E-state index in [1.54, 1.807) is 0 Å². The molecule has 78 valence electrons. The lowest BCUT2D eigenvalue weighted by atomic mass is 9.82. The average molecular weight is 208 g/mol. The molecule has 0 aromatic heterocycles. The second-order valence-electron chi connectivity index (χ2n) is 4.45. The number of rotatable bonds is 1. The Morgan fingerprint density at radius 3 is 2.31 bits per heavy atom. The molecule has 1 N–H and O–H groups in total. The van der Waals surface area contributed by atoms with Gasteiger partial charge in [-0.3, -0.25) is 0 Å². The van der Waals surface area contributed by atoms with E-state index in [1.807, 2.05) is 0 Å². The molecule has 0 aromatic rings. The van der Waals surface area contributed by atoms with E-state index < -0.39 is 6.17 Å². The molecule has 1 heterocycles. The van der Waals surface area contributed by atoms with Gasteiger partial charge in [0.25, 0.3) is 0 Å². The molecule has 2 aliphatic rings. The molecule has 1 aliphatic heterocycles. The minimum absolute atomic E-state index is 0. The van der Waals surface area contributed by atoms with Gasteiger partial charge in [-0.15, -0.1) is 12.4 Å². The quantitative estimate of drug-likeness (QED) is 0.697. The van der Waals surface area contributed by atoms with Crippen molar-refractivity contribution in [3.8, 4) is 0 Å². The fourth-order valence-electron chi connectivity index (χ4n) is 2.80. The summed E-state index contributed by atoms with van der Waals surface area (Å²) in [6.07, 6.45) is 5.16. The third-order valence-corrected chi connectivity index (χ3v) is 3.76. The second-order valence-corrected chi connectivity index (χ2v) is 4.45. The zero-order chi connectivity index (χ0) is 8.60. The summed E-state index contributed by atoms with van der Waals surface area (Å²) in [6.45, 7) is 2.94. The lowest BCUT2D eigenvalue weighted by Gasteiger charge is -2.33. The van der Waals surface area contributed by atoms with Gasteiger partial charge in [0.2, 0.25) is 0 Å². The fraction of sp³-hybridized carbons (Fsp3) is 1.00. The summed E-state index contributed by atoms with van der Waals surface area (Å²) >= 11 is 0. The SMILES string of the molecule is CC1(C2CCCC2)NCCC1F.Cl. The van der Waals surface area contributed by atoms with Crippen molar-refractivity contribution in [1.29, 1.82) is 0 Å². The van der Waals surface area contributed by atoms with Gasteiger partial charge in [-0.2, -0.15) is 0 Å². The van der Waals surface area contributed by atoms with Crippen LogP contribution >= 0.6 is 12.4 Å². The van der Waals surface area contributed by atoms with E-state index in [1.165, 1.54) is 25.7 Å². The first-order valence-corrected chi connectivity index (χ1v) is 5.12. The van der Waals surface area contributed by atoms with Crippen molar-refractivity contribution in [2.75, 3.05) is 6.54 Å². The Labute approximate surface area is 85.9 Å². The summed E-state index contributed by atoms with van der Waals surface area (Å²) in [6, 6.07) is 0. The molecular weight excluding hydrogens is 189 g/mol. The maximum Gasteiger partial charge on any atom is 0.119 e. The van der Waals surface area contributed by atoms with Gasteiger partial charge in [0.15, 0.2) is 0 Å². The van der Waals surface area contributed by atoms with Crippen LogP contribution in [0.4, 0.5) is 4.39 Å². The molecule has 0 radical (unpaired) electrons. The highest BCUT2D eigenvalue weighted by Gasteiger charge is 2.45. The zero-order valence-corrected chi connectivity index (χ0v) is 9.00. The van der Waals surface area contributed by atoms with Gasteiger partial charge in [-0.05, 0) is 38.6 Å². The molecule has 2 atom stereocenters. The molecule has 1 aliphatic carbocycles. The van der Waals surface area contributed by atoms with E-state index in [0.29, 0.717) is 12.3 Å². The smallest absolute Gasteiger partial charge is 0.119 e. The first-order valence-electron chi connectivity index (χ1n) is 5.12. The largest absolute Gasteiger partial charge is 0.309 e. The molecule has 0 amide bonds. The maximum absolute atomic E-state index is 13.6. The molecule has 1 saturated carbocycles. The Morgan fingerprint density at radius 2 is 1.85 bits per heavy atom. The van der Waals surface area contributed by atoms with Gasteiger partial charge >= 0.3 is 0 Å². The van der Waals surface area contributed by atoms with Crippen molar-refractivity contribution in [2.45, 2.75) is 50.7 Å². The van der Waals surface area contributed by atoms with Crippen LogP contribution in [0.2, 0.25) is 0 Å². The van der Waals surface area contributed by atoms with Crippen molar-refractivity contribution < 1.29 is 4.39 Å². The lowest BCUT2D eigenvalue weighted by molar-refractivity contribution is 0.149. The van der Waals surface area contributed by atoms with Crippen LogP contribution in [0.1, 0.15) is 39.0 Å². The Hall–Kier alpha value is 0.180. The predicted molar refractivity (Wildman–Crippen MR) is 55.1 cm³/mol. The number of alkyl halides is 1. The fourth-order valence-corrected chi connectivity index (χ4v) is 2.80. The van der Waals surface area contributed by atoms with E-state index >= 15 is 0 Å². The highest BCUT2D eigenvalue weighted by Crippen LogP contribution is 2.39. The van der Waals surface area contributed by atoms with E-state index in [2.05, 4.69) is 12.2 Å². The Bertz CT molecular complexity index is 170. The van der Waals surface area contributed by atoms with Gasteiger partial charge in [0.1, 0.15) is 6.17 Å².